The van der Waals surface area contributed by atoms with Gasteiger partial charge in [0.2, 0.25) is 5.91 Å². The Hall–Kier alpha value is -2.25. The summed E-state index contributed by atoms with van der Waals surface area (Å²) in [5.74, 6) is -0.0888. The van der Waals surface area contributed by atoms with Crippen LogP contribution in [0.1, 0.15) is 35.4 Å². The molecule has 6 nitrogen and oxygen atoms in total. The van der Waals surface area contributed by atoms with E-state index in [0.717, 1.165) is 19.4 Å². The van der Waals surface area contributed by atoms with Gasteiger partial charge in [0.05, 0.1) is 11.5 Å². The van der Waals surface area contributed by atoms with Crippen molar-refractivity contribution in [2.24, 2.45) is 0 Å². The number of aryl methyl sites for hydroxylation is 1. The standard InChI is InChI=1S/C18H21N3O3S/c1-3-16-14-7-9-25-17(14)6-8-20(16)11-18(22)19-15-5-4-13(21(23)24)10-12(15)2/h4-5,7,9-10,16H,3,6,8,11H2,1-2H3,(H,19,22). The molecule has 0 spiro atoms. The second kappa shape index (κ2) is 7.33. The number of hydrogen-bond donors (Lipinski definition) is 1. The van der Waals surface area contributed by atoms with E-state index < -0.39 is 4.92 Å². The summed E-state index contributed by atoms with van der Waals surface area (Å²) >= 11 is 1.79. The molecule has 0 fully saturated rings. The van der Waals surface area contributed by atoms with Crippen molar-refractivity contribution in [3.05, 3.63) is 55.8 Å². The van der Waals surface area contributed by atoms with Crippen LogP contribution in [0.2, 0.25) is 0 Å². The van der Waals surface area contributed by atoms with Crippen LogP contribution in [-0.4, -0.2) is 28.8 Å². The monoisotopic (exact) mass is 359 g/mol. The second-order valence-corrected chi connectivity index (χ2v) is 7.25. The van der Waals surface area contributed by atoms with E-state index in [2.05, 4.69) is 28.6 Å². The highest BCUT2D eigenvalue weighted by Crippen LogP contribution is 2.35. The van der Waals surface area contributed by atoms with Gasteiger partial charge in [0.25, 0.3) is 5.69 Å². The van der Waals surface area contributed by atoms with Crippen LogP contribution in [0.25, 0.3) is 0 Å². The maximum atomic E-state index is 12.5. The number of nitro benzene ring substituents is 1. The van der Waals surface area contributed by atoms with Gasteiger partial charge in [-0.1, -0.05) is 6.92 Å². The Kier molecular flexibility index (Phi) is 5.15. The third-order valence-corrected chi connectivity index (χ3v) is 5.63. The Morgan fingerprint density at radius 1 is 1.44 bits per heavy atom. The molecule has 1 aromatic carbocycles. The molecule has 1 unspecified atom stereocenters. The van der Waals surface area contributed by atoms with Crippen molar-refractivity contribution in [2.45, 2.75) is 32.7 Å². The van der Waals surface area contributed by atoms with E-state index in [-0.39, 0.29) is 17.6 Å². The van der Waals surface area contributed by atoms with Gasteiger partial charge in [0.15, 0.2) is 0 Å². The van der Waals surface area contributed by atoms with Gasteiger partial charge in [-0.2, -0.15) is 0 Å². The summed E-state index contributed by atoms with van der Waals surface area (Å²) in [4.78, 5) is 26.5. The summed E-state index contributed by atoms with van der Waals surface area (Å²) in [5, 5.41) is 15.8. The fourth-order valence-corrected chi connectivity index (χ4v) is 4.32. The van der Waals surface area contributed by atoms with Crippen LogP contribution < -0.4 is 5.32 Å². The highest BCUT2D eigenvalue weighted by molar-refractivity contribution is 7.10. The molecule has 0 saturated heterocycles. The van der Waals surface area contributed by atoms with E-state index in [0.29, 0.717) is 17.8 Å². The third-order valence-electron chi connectivity index (χ3n) is 4.63. The zero-order chi connectivity index (χ0) is 18.0. The maximum absolute atomic E-state index is 12.5. The molecule has 7 heteroatoms. The van der Waals surface area contributed by atoms with Crippen LogP contribution in [0.15, 0.2) is 29.6 Å². The number of carbonyl (C=O) groups excluding carboxylic acids is 1. The number of carbonyl (C=O) groups is 1. The van der Waals surface area contributed by atoms with E-state index in [9.17, 15) is 14.9 Å². The lowest BCUT2D eigenvalue weighted by molar-refractivity contribution is -0.384. The van der Waals surface area contributed by atoms with Gasteiger partial charge < -0.3 is 5.32 Å². The van der Waals surface area contributed by atoms with E-state index in [1.54, 1.807) is 24.3 Å². The van der Waals surface area contributed by atoms with Crippen molar-refractivity contribution >= 4 is 28.6 Å². The molecule has 0 bridgehead atoms. The zero-order valence-corrected chi connectivity index (χ0v) is 15.1. The molecular formula is C18H21N3O3S. The molecule has 1 aliphatic rings. The number of nitrogens with zero attached hydrogens (tertiary/aromatic N) is 2. The average molecular weight is 359 g/mol. The first-order valence-electron chi connectivity index (χ1n) is 8.34. The molecule has 0 aliphatic carbocycles. The largest absolute Gasteiger partial charge is 0.325 e. The molecular weight excluding hydrogens is 338 g/mol. The number of anilines is 1. The van der Waals surface area contributed by atoms with Crippen LogP contribution in [0.5, 0.6) is 0 Å². The predicted molar refractivity (Wildman–Crippen MR) is 99.1 cm³/mol. The van der Waals surface area contributed by atoms with Gasteiger partial charge in [-0.15, -0.1) is 11.3 Å². The van der Waals surface area contributed by atoms with Crippen molar-refractivity contribution in [1.29, 1.82) is 0 Å². The molecule has 3 rings (SSSR count). The van der Waals surface area contributed by atoms with Crippen LogP contribution in [-0.2, 0) is 11.2 Å². The average Bonchev–Trinajstić information content (AvgIpc) is 3.05. The van der Waals surface area contributed by atoms with Crippen molar-refractivity contribution in [1.82, 2.24) is 4.90 Å². The molecule has 1 N–H and O–H groups in total. The minimum atomic E-state index is -0.434. The maximum Gasteiger partial charge on any atom is 0.269 e. The highest BCUT2D eigenvalue weighted by Gasteiger charge is 2.28. The number of amides is 1. The van der Waals surface area contributed by atoms with Gasteiger partial charge in [-0.25, -0.2) is 0 Å². The number of fused-ring (bicyclic) bond motifs is 1. The van der Waals surface area contributed by atoms with Crippen LogP contribution in [0.4, 0.5) is 11.4 Å². The quantitative estimate of drug-likeness (QED) is 0.649. The minimum absolute atomic E-state index is 0.0302. The normalized spacial score (nSPS) is 17.1. The fraction of sp³-hybridized carbons (Fsp3) is 0.389. The topological polar surface area (TPSA) is 75.5 Å². The SMILES string of the molecule is CCC1c2ccsc2CCN1CC(=O)Nc1ccc([N+](=O)[O-])cc1C. The minimum Gasteiger partial charge on any atom is -0.325 e. The number of nitro groups is 1. The highest BCUT2D eigenvalue weighted by atomic mass is 32.1. The Balaban J connectivity index is 1.68. The summed E-state index contributed by atoms with van der Waals surface area (Å²) in [6.07, 6.45) is 1.95. The smallest absolute Gasteiger partial charge is 0.269 e. The van der Waals surface area contributed by atoms with Gasteiger partial charge in [0.1, 0.15) is 0 Å². The summed E-state index contributed by atoms with van der Waals surface area (Å²) in [5.41, 5.74) is 2.69. The summed E-state index contributed by atoms with van der Waals surface area (Å²) in [6.45, 7) is 5.10. The Labute approximate surface area is 150 Å². The number of rotatable bonds is 5. The molecule has 2 heterocycles. The summed E-state index contributed by atoms with van der Waals surface area (Å²) < 4.78 is 0. The molecule has 25 heavy (non-hydrogen) atoms. The molecule has 1 amide bonds. The van der Waals surface area contributed by atoms with E-state index >= 15 is 0 Å². The van der Waals surface area contributed by atoms with E-state index in [4.69, 9.17) is 0 Å². The van der Waals surface area contributed by atoms with E-state index in [1.165, 1.54) is 22.6 Å². The summed E-state index contributed by atoms with van der Waals surface area (Å²) in [7, 11) is 0. The molecule has 0 saturated carbocycles. The van der Waals surface area contributed by atoms with Crippen LogP contribution in [0.3, 0.4) is 0 Å². The van der Waals surface area contributed by atoms with Crippen LogP contribution in [0, 0.1) is 17.0 Å². The number of hydrogen-bond acceptors (Lipinski definition) is 5. The number of benzene rings is 1. The predicted octanol–water partition coefficient (Wildman–Crippen LogP) is 3.91. The fourth-order valence-electron chi connectivity index (χ4n) is 3.39. The third kappa shape index (κ3) is 3.72. The molecule has 1 aliphatic heterocycles. The Bertz CT molecular complexity index is 803. The van der Waals surface area contributed by atoms with Crippen molar-refractivity contribution in [2.75, 3.05) is 18.4 Å². The Morgan fingerprint density at radius 2 is 2.24 bits per heavy atom. The van der Waals surface area contributed by atoms with Gasteiger partial charge in [-0.3, -0.25) is 19.8 Å². The van der Waals surface area contributed by atoms with Gasteiger partial charge in [-0.05, 0) is 48.4 Å². The number of nitrogens with one attached hydrogen (secondary N) is 1. The van der Waals surface area contributed by atoms with Crippen LogP contribution >= 0.6 is 11.3 Å². The number of non-ortho nitro benzene ring substituents is 1. The first-order valence-corrected chi connectivity index (χ1v) is 9.22. The van der Waals surface area contributed by atoms with Crippen molar-refractivity contribution in [3.63, 3.8) is 0 Å². The first kappa shape index (κ1) is 17.6. The molecule has 0 radical (unpaired) electrons. The van der Waals surface area contributed by atoms with Gasteiger partial charge >= 0.3 is 0 Å². The zero-order valence-electron chi connectivity index (χ0n) is 14.3. The molecule has 1 atom stereocenters. The van der Waals surface area contributed by atoms with Gasteiger partial charge in [0, 0.05) is 35.3 Å². The first-order chi connectivity index (χ1) is 12.0. The number of thiophene rings is 1. The lowest BCUT2D eigenvalue weighted by Crippen LogP contribution is -2.40. The lowest BCUT2D eigenvalue weighted by atomic mass is 9.98. The lowest BCUT2D eigenvalue weighted by Gasteiger charge is -2.34. The summed E-state index contributed by atoms with van der Waals surface area (Å²) in [6, 6.07) is 6.92. The van der Waals surface area contributed by atoms with Crippen molar-refractivity contribution < 1.29 is 9.72 Å². The van der Waals surface area contributed by atoms with E-state index in [1.807, 2.05) is 0 Å². The Morgan fingerprint density at radius 3 is 2.92 bits per heavy atom. The van der Waals surface area contributed by atoms with Crippen molar-refractivity contribution in [3.8, 4) is 0 Å². The second-order valence-electron chi connectivity index (χ2n) is 6.25. The molecule has 2 aromatic rings. The molecule has 132 valence electrons. The molecule has 1 aromatic heterocycles.